The largest absolute Gasteiger partial charge is 0.468 e. The molecule has 0 aromatic heterocycles. The lowest BCUT2D eigenvalue weighted by Crippen LogP contribution is -2.27. The van der Waals surface area contributed by atoms with Gasteiger partial charge in [0.2, 0.25) is 0 Å². The normalized spacial score (nSPS) is 27.5. The highest BCUT2D eigenvalue weighted by molar-refractivity contribution is 5.87. The molecule has 3 nitrogen and oxygen atoms in total. The number of hydrogen-bond acceptors (Lipinski definition) is 3. The molecule has 0 radical (unpaired) electrons. The van der Waals surface area contributed by atoms with Gasteiger partial charge in [0.05, 0.1) is 12.5 Å². The summed E-state index contributed by atoms with van der Waals surface area (Å²) in [6.07, 6.45) is 0.879. The SMILES string of the molecule is CNC[C@H]1C[C@@]1(C(=O)OC)c1ccccc1. The van der Waals surface area contributed by atoms with Gasteiger partial charge in [-0.15, -0.1) is 0 Å². The Hall–Kier alpha value is -1.35. The van der Waals surface area contributed by atoms with Crippen LogP contribution < -0.4 is 5.32 Å². The molecule has 0 heterocycles. The Labute approximate surface area is 95.8 Å². The van der Waals surface area contributed by atoms with Crippen LogP contribution in [-0.2, 0) is 14.9 Å². The van der Waals surface area contributed by atoms with Crippen molar-refractivity contribution in [1.82, 2.24) is 5.32 Å². The first-order valence-electron chi connectivity index (χ1n) is 5.54. The summed E-state index contributed by atoms with van der Waals surface area (Å²) < 4.78 is 4.94. The van der Waals surface area contributed by atoms with E-state index in [9.17, 15) is 4.79 Å². The fourth-order valence-electron chi connectivity index (χ4n) is 2.46. The average Bonchev–Trinajstić information content (AvgIpc) is 3.05. The van der Waals surface area contributed by atoms with E-state index < -0.39 is 5.41 Å². The second-order valence-electron chi connectivity index (χ2n) is 4.29. The summed E-state index contributed by atoms with van der Waals surface area (Å²) in [6.45, 7) is 0.851. The Morgan fingerprint density at radius 1 is 1.50 bits per heavy atom. The van der Waals surface area contributed by atoms with Gasteiger partial charge in [-0.2, -0.15) is 0 Å². The van der Waals surface area contributed by atoms with Crippen LogP contribution in [0.25, 0.3) is 0 Å². The van der Waals surface area contributed by atoms with Crippen LogP contribution in [0.5, 0.6) is 0 Å². The maximum atomic E-state index is 11.9. The number of carbonyl (C=O) groups excluding carboxylic acids is 1. The highest BCUT2D eigenvalue weighted by atomic mass is 16.5. The number of methoxy groups -OCH3 is 1. The Kier molecular flexibility index (Phi) is 2.97. The fourth-order valence-corrected chi connectivity index (χ4v) is 2.46. The first-order valence-corrected chi connectivity index (χ1v) is 5.54. The quantitative estimate of drug-likeness (QED) is 0.777. The van der Waals surface area contributed by atoms with E-state index in [2.05, 4.69) is 5.32 Å². The molecule has 86 valence electrons. The zero-order valence-electron chi connectivity index (χ0n) is 9.69. The van der Waals surface area contributed by atoms with E-state index >= 15 is 0 Å². The second kappa shape index (κ2) is 4.26. The molecule has 2 rings (SSSR count). The molecule has 2 atom stereocenters. The van der Waals surface area contributed by atoms with Gasteiger partial charge in [-0.25, -0.2) is 0 Å². The van der Waals surface area contributed by atoms with Crippen molar-refractivity contribution in [2.75, 3.05) is 20.7 Å². The zero-order valence-corrected chi connectivity index (χ0v) is 9.69. The third-order valence-corrected chi connectivity index (χ3v) is 3.39. The van der Waals surface area contributed by atoms with Gasteiger partial charge < -0.3 is 10.1 Å². The van der Waals surface area contributed by atoms with Crippen LogP contribution in [0.2, 0.25) is 0 Å². The van der Waals surface area contributed by atoms with Crippen molar-refractivity contribution in [2.24, 2.45) is 5.92 Å². The standard InChI is InChI=1S/C13H17NO2/c1-14-9-11-8-13(11,12(15)16-2)10-6-4-3-5-7-10/h3-7,11,14H,8-9H2,1-2H3/t11-,13-/m1/s1. The summed E-state index contributed by atoms with van der Waals surface area (Å²) in [5.74, 6) is 0.242. The maximum Gasteiger partial charge on any atom is 0.316 e. The lowest BCUT2D eigenvalue weighted by molar-refractivity contribution is -0.144. The van der Waals surface area contributed by atoms with Gasteiger partial charge in [-0.05, 0) is 31.5 Å². The van der Waals surface area contributed by atoms with Crippen molar-refractivity contribution in [2.45, 2.75) is 11.8 Å². The second-order valence-corrected chi connectivity index (χ2v) is 4.29. The number of ether oxygens (including phenoxy) is 1. The van der Waals surface area contributed by atoms with E-state index in [0.29, 0.717) is 5.92 Å². The van der Waals surface area contributed by atoms with E-state index in [1.54, 1.807) is 0 Å². The average molecular weight is 219 g/mol. The number of carbonyl (C=O) groups is 1. The first kappa shape index (κ1) is 11.1. The molecular weight excluding hydrogens is 202 g/mol. The Morgan fingerprint density at radius 3 is 2.75 bits per heavy atom. The fraction of sp³-hybridized carbons (Fsp3) is 0.462. The van der Waals surface area contributed by atoms with Gasteiger partial charge in [0.1, 0.15) is 0 Å². The third-order valence-electron chi connectivity index (χ3n) is 3.39. The minimum absolute atomic E-state index is 0.112. The highest BCUT2D eigenvalue weighted by Crippen LogP contribution is 2.54. The van der Waals surface area contributed by atoms with Gasteiger partial charge in [-0.3, -0.25) is 4.79 Å². The van der Waals surface area contributed by atoms with Crippen LogP contribution in [0.4, 0.5) is 0 Å². The smallest absolute Gasteiger partial charge is 0.316 e. The Morgan fingerprint density at radius 2 is 2.19 bits per heavy atom. The number of hydrogen-bond donors (Lipinski definition) is 1. The highest BCUT2D eigenvalue weighted by Gasteiger charge is 2.61. The number of benzene rings is 1. The van der Waals surface area contributed by atoms with Crippen LogP contribution in [0.1, 0.15) is 12.0 Å². The van der Waals surface area contributed by atoms with Gasteiger partial charge in [0.25, 0.3) is 0 Å². The van der Waals surface area contributed by atoms with Crippen LogP contribution in [0.3, 0.4) is 0 Å². The van der Waals surface area contributed by atoms with Crippen molar-refractivity contribution in [3.63, 3.8) is 0 Å². The number of esters is 1. The molecule has 1 saturated carbocycles. The van der Waals surface area contributed by atoms with Crippen molar-refractivity contribution >= 4 is 5.97 Å². The number of nitrogens with one attached hydrogen (secondary N) is 1. The van der Waals surface area contributed by atoms with Crippen molar-refractivity contribution in [1.29, 1.82) is 0 Å². The van der Waals surface area contributed by atoms with Crippen LogP contribution in [0.15, 0.2) is 30.3 Å². The minimum Gasteiger partial charge on any atom is -0.468 e. The predicted octanol–water partition coefficient (Wildman–Crippen LogP) is 1.34. The van der Waals surface area contributed by atoms with Gasteiger partial charge in [0.15, 0.2) is 0 Å². The van der Waals surface area contributed by atoms with Crippen molar-refractivity contribution in [3.05, 3.63) is 35.9 Å². The lowest BCUT2D eigenvalue weighted by Gasteiger charge is -2.15. The molecule has 0 spiro atoms. The first-order chi connectivity index (χ1) is 7.75. The Balaban J connectivity index is 2.28. The molecule has 1 aliphatic carbocycles. The number of rotatable bonds is 4. The molecule has 0 unspecified atom stereocenters. The summed E-state index contributed by atoms with van der Waals surface area (Å²) in [5, 5.41) is 3.13. The summed E-state index contributed by atoms with van der Waals surface area (Å²) in [6, 6.07) is 9.91. The maximum absolute atomic E-state index is 11.9. The van der Waals surface area contributed by atoms with Crippen LogP contribution >= 0.6 is 0 Å². The van der Waals surface area contributed by atoms with E-state index in [1.165, 1.54) is 7.11 Å². The minimum atomic E-state index is -0.404. The molecular formula is C13H17NO2. The summed E-state index contributed by atoms with van der Waals surface area (Å²) in [4.78, 5) is 11.9. The monoisotopic (exact) mass is 219 g/mol. The van der Waals surface area contributed by atoms with E-state index in [1.807, 2.05) is 37.4 Å². The van der Waals surface area contributed by atoms with Gasteiger partial charge in [-0.1, -0.05) is 30.3 Å². The van der Waals surface area contributed by atoms with Gasteiger partial charge >= 0.3 is 5.97 Å². The molecule has 0 saturated heterocycles. The molecule has 3 heteroatoms. The molecule has 1 aromatic carbocycles. The zero-order chi connectivity index (χ0) is 11.6. The predicted molar refractivity (Wildman–Crippen MR) is 62.2 cm³/mol. The molecule has 1 N–H and O–H groups in total. The molecule has 0 amide bonds. The topological polar surface area (TPSA) is 38.3 Å². The molecule has 0 aliphatic heterocycles. The van der Waals surface area contributed by atoms with Gasteiger partial charge in [0, 0.05) is 0 Å². The summed E-state index contributed by atoms with van der Waals surface area (Å²) in [5.41, 5.74) is 0.668. The summed E-state index contributed by atoms with van der Waals surface area (Å²) >= 11 is 0. The molecule has 1 aliphatic rings. The van der Waals surface area contributed by atoms with E-state index in [4.69, 9.17) is 4.74 Å². The van der Waals surface area contributed by atoms with Crippen molar-refractivity contribution < 1.29 is 9.53 Å². The van der Waals surface area contributed by atoms with Crippen LogP contribution in [0, 0.1) is 5.92 Å². The molecule has 1 aromatic rings. The molecule has 16 heavy (non-hydrogen) atoms. The third kappa shape index (κ3) is 1.61. The van der Waals surface area contributed by atoms with E-state index in [0.717, 1.165) is 18.5 Å². The molecule has 0 bridgehead atoms. The summed E-state index contributed by atoms with van der Waals surface area (Å²) in [7, 11) is 3.37. The Bertz CT molecular complexity index is 377. The van der Waals surface area contributed by atoms with Crippen molar-refractivity contribution in [3.8, 4) is 0 Å². The molecule has 1 fully saturated rings. The lowest BCUT2D eigenvalue weighted by atomic mass is 9.93. The van der Waals surface area contributed by atoms with E-state index in [-0.39, 0.29) is 5.97 Å². The van der Waals surface area contributed by atoms with Crippen LogP contribution in [-0.4, -0.2) is 26.7 Å².